The second-order valence-electron chi connectivity index (χ2n) is 6.98. The molecular weight excluding hydrogens is 352 g/mol. The van der Waals surface area contributed by atoms with E-state index in [9.17, 15) is 8.42 Å². The summed E-state index contributed by atoms with van der Waals surface area (Å²) in [5.74, 6) is 0.738. The van der Waals surface area contributed by atoms with Crippen molar-refractivity contribution in [2.45, 2.75) is 32.2 Å². The summed E-state index contributed by atoms with van der Waals surface area (Å²) in [7, 11) is -1.72. The van der Waals surface area contributed by atoms with Gasteiger partial charge in [0.1, 0.15) is 0 Å². The number of hydrogen-bond donors (Lipinski definition) is 1. The van der Waals surface area contributed by atoms with Gasteiger partial charge in [-0.05, 0) is 43.7 Å². The Bertz CT molecular complexity index is 794. The zero-order valence-corrected chi connectivity index (χ0v) is 16.7. The Kier molecular flexibility index (Phi) is 5.55. The van der Waals surface area contributed by atoms with Crippen molar-refractivity contribution in [1.29, 1.82) is 0 Å². The van der Waals surface area contributed by atoms with E-state index in [4.69, 9.17) is 4.74 Å². The van der Waals surface area contributed by atoms with Crippen LogP contribution in [0.5, 0.6) is 0 Å². The summed E-state index contributed by atoms with van der Waals surface area (Å²) < 4.78 is 33.8. The van der Waals surface area contributed by atoms with E-state index in [1.165, 1.54) is 0 Å². The zero-order valence-electron chi connectivity index (χ0n) is 15.9. The highest BCUT2D eigenvalue weighted by molar-refractivity contribution is 7.93. The molecule has 0 saturated carbocycles. The van der Waals surface area contributed by atoms with Gasteiger partial charge in [0.15, 0.2) is 5.37 Å². The quantitative estimate of drug-likeness (QED) is 0.843. The van der Waals surface area contributed by atoms with Crippen LogP contribution in [0.4, 0.5) is 5.69 Å². The van der Waals surface area contributed by atoms with Crippen molar-refractivity contribution in [2.24, 2.45) is 4.99 Å². The predicted octanol–water partition coefficient (Wildman–Crippen LogP) is 1.82. The number of aliphatic imine (C=N–C) groups is 1. The minimum absolute atomic E-state index is 0.0325. The molecule has 1 N–H and O–H groups in total. The van der Waals surface area contributed by atoms with Crippen LogP contribution < -0.4 is 4.72 Å². The minimum Gasteiger partial charge on any atom is -0.371 e. The van der Waals surface area contributed by atoms with Crippen LogP contribution in [0.3, 0.4) is 0 Å². The van der Waals surface area contributed by atoms with Gasteiger partial charge in [0, 0.05) is 25.8 Å². The summed E-state index contributed by atoms with van der Waals surface area (Å²) in [4.78, 5) is 8.44. The third kappa shape index (κ3) is 4.02. The van der Waals surface area contributed by atoms with E-state index in [1.54, 1.807) is 0 Å². The molecule has 0 aromatic heterocycles. The SMILES string of the molecule is CCN1CCOC(c2ccc(NS(=O)(=O)C3CN(C)C(C)=N3)cc2C)C1. The van der Waals surface area contributed by atoms with E-state index in [1.807, 2.05) is 44.0 Å². The van der Waals surface area contributed by atoms with Gasteiger partial charge in [0.25, 0.3) is 10.0 Å². The molecule has 3 rings (SSSR count). The lowest BCUT2D eigenvalue weighted by Crippen LogP contribution is -2.38. The van der Waals surface area contributed by atoms with Crippen LogP contribution in [0.25, 0.3) is 0 Å². The van der Waals surface area contributed by atoms with Crippen molar-refractivity contribution in [3.8, 4) is 0 Å². The Morgan fingerprint density at radius 3 is 2.69 bits per heavy atom. The zero-order chi connectivity index (χ0) is 18.9. The summed E-state index contributed by atoms with van der Waals surface area (Å²) in [6, 6.07) is 5.64. The number of anilines is 1. The number of amidine groups is 1. The smallest absolute Gasteiger partial charge is 0.257 e. The normalized spacial score (nSPS) is 24.6. The maximum Gasteiger partial charge on any atom is 0.257 e. The molecule has 26 heavy (non-hydrogen) atoms. The van der Waals surface area contributed by atoms with Crippen molar-refractivity contribution in [3.05, 3.63) is 29.3 Å². The molecule has 1 aromatic carbocycles. The first kappa shape index (κ1) is 19.1. The summed E-state index contributed by atoms with van der Waals surface area (Å²) in [5.41, 5.74) is 2.70. The molecule has 2 atom stereocenters. The molecule has 144 valence electrons. The van der Waals surface area contributed by atoms with Crippen LogP contribution in [0.2, 0.25) is 0 Å². The molecule has 1 fully saturated rings. The molecule has 0 amide bonds. The van der Waals surface area contributed by atoms with Crippen LogP contribution in [-0.4, -0.2) is 69.3 Å². The van der Waals surface area contributed by atoms with E-state index in [2.05, 4.69) is 21.5 Å². The van der Waals surface area contributed by atoms with E-state index in [0.29, 0.717) is 12.2 Å². The van der Waals surface area contributed by atoms with Crippen molar-refractivity contribution >= 4 is 21.5 Å². The molecule has 2 unspecified atom stereocenters. The third-order valence-corrected chi connectivity index (χ3v) is 6.64. The Balaban J connectivity index is 1.74. The van der Waals surface area contributed by atoms with Gasteiger partial charge >= 0.3 is 0 Å². The van der Waals surface area contributed by atoms with Gasteiger partial charge in [-0.2, -0.15) is 0 Å². The standard InChI is InChI=1S/C18H28N4O3S/c1-5-22-8-9-25-17(11-22)16-7-6-15(10-13(16)2)20-26(23,24)18-12-21(4)14(3)19-18/h6-7,10,17-18,20H,5,8-9,11-12H2,1-4H3. The van der Waals surface area contributed by atoms with Gasteiger partial charge in [0.05, 0.1) is 25.1 Å². The van der Waals surface area contributed by atoms with Crippen LogP contribution in [0.15, 0.2) is 23.2 Å². The third-order valence-electron chi connectivity index (χ3n) is 5.15. The fourth-order valence-electron chi connectivity index (χ4n) is 3.39. The molecule has 7 nitrogen and oxygen atoms in total. The molecule has 0 radical (unpaired) electrons. The molecule has 8 heteroatoms. The Labute approximate surface area is 156 Å². The van der Waals surface area contributed by atoms with E-state index >= 15 is 0 Å². The summed E-state index contributed by atoms with van der Waals surface area (Å²) in [5, 5.41) is -0.771. The summed E-state index contributed by atoms with van der Waals surface area (Å²) in [6.45, 7) is 9.89. The van der Waals surface area contributed by atoms with Crippen molar-refractivity contribution in [2.75, 3.05) is 44.6 Å². The minimum atomic E-state index is -3.56. The molecule has 2 heterocycles. The highest BCUT2D eigenvalue weighted by atomic mass is 32.2. The van der Waals surface area contributed by atoms with E-state index in [0.717, 1.165) is 43.2 Å². The Morgan fingerprint density at radius 1 is 1.31 bits per heavy atom. The number of rotatable bonds is 5. The maximum absolute atomic E-state index is 12.6. The van der Waals surface area contributed by atoms with E-state index < -0.39 is 15.4 Å². The second kappa shape index (κ2) is 7.54. The number of aryl methyl sites for hydroxylation is 1. The van der Waals surface area contributed by atoms with Gasteiger partial charge in [-0.15, -0.1) is 0 Å². The lowest BCUT2D eigenvalue weighted by Gasteiger charge is -2.33. The molecule has 2 aliphatic heterocycles. The highest BCUT2D eigenvalue weighted by Crippen LogP contribution is 2.28. The van der Waals surface area contributed by atoms with E-state index in [-0.39, 0.29) is 6.10 Å². The number of benzene rings is 1. The highest BCUT2D eigenvalue weighted by Gasteiger charge is 2.31. The van der Waals surface area contributed by atoms with Gasteiger partial charge in [-0.3, -0.25) is 9.62 Å². The summed E-state index contributed by atoms with van der Waals surface area (Å²) >= 11 is 0. The molecule has 0 spiro atoms. The Morgan fingerprint density at radius 2 is 2.08 bits per heavy atom. The molecule has 2 aliphatic rings. The number of nitrogens with zero attached hydrogens (tertiary/aromatic N) is 3. The van der Waals surface area contributed by atoms with Gasteiger partial charge in [-0.1, -0.05) is 13.0 Å². The number of sulfonamides is 1. The fraction of sp³-hybridized carbons (Fsp3) is 0.611. The number of morpholine rings is 1. The van der Waals surface area contributed by atoms with Crippen LogP contribution >= 0.6 is 0 Å². The van der Waals surface area contributed by atoms with Gasteiger partial charge < -0.3 is 9.64 Å². The monoisotopic (exact) mass is 380 g/mol. The predicted molar refractivity (Wildman–Crippen MR) is 104 cm³/mol. The number of nitrogens with one attached hydrogen (secondary N) is 1. The largest absolute Gasteiger partial charge is 0.371 e. The van der Waals surface area contributed by atoms with Crippen molar-refractivity contribution < 1.29 is 13.2 Å². The average molecular weight is 381 g/mol. The van der Waals surface area contributed by atoms with Gasteiger partial charge in [0.2, 0.25) is 0 Å². The van der Waals surface area contributed by atoms with Crippen molar-refractivity contribution in [3.63, 3.8) is 0 Å². The van der Waals surface area contributed by atoms with Gasteiger partial charge in [-0.25, -0.2) is 13.4 Å². The number of likely N-dealkylation sites (N-methyl/N-ethyl adjacent to an activating group) is 2. The average Bonchev–Trinajstić information content (AvgIpc) is 2.95. The Hall–Kier alpha value is -1.64. The first-order valence-corrected chi connectivity index (χ1v) is 10.6. The molecular formula is C18H28N4O3S. The second-order valence-corrected chi connectivity index (χ2v) is 8.82. The summed E-state index contributed by atoms with van der Waals surface area (Å²) in [6.07, 6.45) is 0.0325. The molecule has 1 aromatic rings. The molecule has 0 aliphatic carbocycles. The molecule has 1 saturated heterocycles. The van der Waals surface area contributed by atoms with Crippen LogP contribution in [0.1, 0.15) is 31.1 Å². The molecule has 0 bridgehead atoms. The first-order valence-electron chi connectivity index (χ1n) is 9.02. The van der Waals surface area contributed by atoms with Crippen LogP contribution in [0, 0.1) is 6.92 Å². The van der Waals surface area contributed by atoms with Crippen molar-refractivity contribution in [1.82, 2.24) is 9.80 Å². The van der Waals surface area contributed by atoms with Crippen LogP contribution in [-0.2, 0) is 14.8 Å². The topological polar surface area (TPSA) is 74.2 Å². The lowest BCUT2D eigenvalue weighted by molar-refractivity contribution is -0.0284. The number of ether oxygens (including phenoxy) is 1. The maximum atomic E-state index is 12.6. The first-order chi connectivity index (χ1) is 12.3. The lowest BCUT2D eigenvalue weighted by atomic mass is 10.0. The number of hydrogen-bond acceptors (Lipinski definition) is 6. The fourth-order valence-corrected chi connectivity index (χ4v) is 4.70.